The molecule has 1 aliphatic heterocycles. The van der Waals surface area contributed by atoms with Gasteiger partial charge in [-0.1, -0.05) is 48.2 Å². The zero-order valence-electron chi connectivity index (χ0n) is 13.3. The first kappa shape index (κ1) is 18.1. The molecule has 2 N–H and O–H groups in total. The number of nitrogens with zero attached hydrogens (tertiary/aromatic N) is 1. The summed E-state index contributed by atoms with van der Waals surface area (Å²) in [7, 11) is 0. The Morgan fingerprint density at radius 1 is 1.27 bits per heavy atom. The van der Waals surface area contributed by atoms with Gasteiger partial charge >= 0.3 is 0 Å². The van der Waals surface area contributed by atoms with E-state index in [1.54, 1.807) is 30.3 Å². The van der Waals surface area contributed by atoms with Gasteiger partial charge in [0.2, 0.25) is 5.91 Å². The minimum absolute atomic E-state index is 0.0720. The first-order valence-corrected chi connectivity index (χ1v) is 8.75. The van der Waals surface area contributed by atoms with E-state index in [4.69, 9.17) is 12.2 Å². The first-order valence-electron chi connectivity index (χ1n) is 7.53. The fourth-order valence-electron chi connectivity index (χ4n) is 2.30. The molecule has 2 aromatic rings. The summed E-state index contributed by atoms with van der Waals surface area (Å²) in [4.78, 5) is 26.1. The van der Waals surface area contributed by atoms with Gasteiger partial charge in [-0.2, -0.15) is 0 Å². The summed E-state index contributed by atoms with van der Waals surface area (Å²) >= 11 is 6.22. The van der Waals surface area contributed by atoms with Crippen LogP contribution in [-0.4, -0.2) is 32.7 Å². The lowest BCUT2D eigenvalue weighted by Crippen LogP contribution is -2.36. The number of carbonyl (C=O) groups excluding carboxylic acids is 2. The molecule has 26 heavy (non-hydrogen) atoms. The first-order chi connectivity index (χ1) is 12.4. The number of benzene rings is 2. The molecular weight excluding hydrogens is 375 g/mol. The summed E-state index contributed by atoms with van der Waals surface area (Å²) in [6, 6.07) is 12.1. The molecule has 0 aromatic heterocycles. The minimum Gasteiger partial charge on any atom is -0.506 e. The Kier molecular flexibility index (Phi) is 5.34. The van der Waals surface area contributed by atoms with Crippen LogP contribution in [0.15, 0.2) is 53.4 Å². The molecule has 0 aliphatic carbocycles. The SMILES string of the molecule is O=C(CN1C(=O)C(=Cc2cccc(F)c2)SC1=S)Nc1ccccc1O. The number of hydrogen-bond acceptors (Lipinski definition) is 5. The molecule has 2 aromatic carbocycles. The number of halogens is 1. The van der Waals surface area contributed by atoms with Gasteiger partial charge in [-0.05, 0) is 35.9 Å². The number of phenols is 1. The fraction of sp³-hybridized carbons (Fsp3) is 0.0556. The number of amides is 2. The molecule has 0 bridgehead atoms. The van der Waals surface area contributed by atoms with Crippen molar-refractivity contribution in [3.05, 3.63) is 64.8 Å². The van der Waals surface area contributed by atoms with Crippen molar-refractivity contribution in [2.75, 3.05) is 11.9 Å². The van der Waals surface area contributed by atoms with Crippen molar-refractivity contribution >= 4 is 51.9 Å². The largest absolute Gasteiger partial charge is 0.506 e. The van der Waals surface area contributed by atoms with E-state index in [0.717, 1.165) is 11.8 Å². The number of hydrogen-bond donors (Lipinski definition) is 2. The molecule has 132 valence electrons. The van der Waals surface area contributed by atoms with Crippen molar-refractivity contribution in [3.8, 4) is 5.75 Å². The second kappa shape index (κ2) is 7.67. The molecule has 1 aliphatic rings. The minimum atomic E-state index is -0.491. The number of aromatic hydroxyl groups is 1. The molecule has 8 heteroatoms. The maximum Gasteiger partial charge on any atom is 0.266 e. The van der Waals surface area contributed by atoms with Crippen LogP contribution < -0.4 is 5.32 Å². The molecule has 0 radical (unpaired) electrons. The highest BCUT2D eigenvalue weighted by molar-refractivity contribution is 8.26. The van der Waals surface area contributed by atoms with Crippen LogP contribution in [0.25, 0.3) is 6.08 Å². The van der Waals surface area contributed by atoms with Gasteiger partial charge in [0, 0.05) is 0 Å². The summed E-state index contributed by atoms with van der Waals surface area (Å²) in [6.45, 7) is -0.278. The number of para-hydroxylation sites is 2. The average Bonchev–Trinajstić information content (AvgIpc) is 2.84. The molecule has 1 heterocycles. The predicted molar refractivity (Wildman–Crippen MR) is 103 cm³/mol. The molecule has 0 atom stereocenters. The quantitative estimate of drug-likeness (QED) is 0.477. The third kappa shape index (κ3) is 4.09. The number of rotatable bonds is 4. The van der Waals surface area contributed by atoms with Gasteiger partial charge in [-0.15, -0.1) is 0 Å². The lowest BCUT2D eigenvalue weighted by atomic mass is 10.2. The maximum absolute atomic E-state index is 13.3. The highest BCUT2D eigenvalue weighted by Gasteiger charge is 2.33. The number of phenolic OH excluding ortho intramolecular Hbond substituents is 1. The van der Waals surface area contributed by atoms with Crippen LogP contribution in [0.1, 0.15) is 5.56 Å². The van der Waals surface area contributed by atoms with E-state index in [2.05, 4.69) is 5.32 Å². The van der Waals surface area contributed by atoms with Gasteiger partial charge in [0.25, 0.3) is 5.91 Å². The summed E-state index contributed by atoms with van der Waals surface area (Å²) < 4.78 is 13.5. The fourth-order valence-corrected chi connectivity index (χ4v) is 3.55. The van der Waals surface area contributed by atoms with E-state index in [1.165, 1.54) is 29.2 Å². The molecule has 0 saturated carbocycles. The van der Waals surface area contributed by atoms with Crippen molar-refractivity contribution in [2.45, 2.75) is 0 Å². The van der Waals surface area contributed by atoms with Crippen LogP contribution in [0.3, 0.4) is 0 Å². The highest BCUT2D eigenvalue weighted by Crippen LogP contribution is 2.32. The summed E-state index contributed by atoms with van der Waals surface area (Å²) in [5.74, 6) is -1.39. The zero-order chi connectivity index (χ0) is 18.7. The topological polar surface area (TPSA) is 69.6 Å². The molecule has 3 rings (SSSR count). The van der Waals surface area contributed by atoms with Crippen molar-refractivity contribution in [1.29, 1.82) is 0 Å². The molecular formula is C18H13FN2O3S2. The Morgan fingerprint density at radius 2 is 2.04 bits per heavy atom. The van der Waals surface area contributed by atoms with Crippen molar-refractivity contribution in [3.63, 3.8) is 0 Å². The van der Waals surface area contributed by atoms with Crippen molar-refractivity contribution in [1.82, 2.24) is 4.90 Å². The second-order valence-corrected chi connectivity index (χ2v) is 7.06. The zero-order valence-corrected chi connectivity index (χ0v) is 14.9. The van der Waals surface area contributed by atoms with Crippen molar-refractivity contribution < 1.29 is 19.1 Å². The van der Waals surface area contributed by atoms with Crippen LogP contribution in [0.4, 0.5) is 10.1 Å². The van der Waals surface area contributed by atoms with E-state index in [9.17, 15) is 19.1 Å². The molecule has 5 nitrogen and oxygen atoms in total. The normalized spacial score (nSPS) is 15.6. The van der Waals surface area contributed by atoms with Gasteiger partial charge in [0.1, 0.15) is 22.4 Å². The monoisotopic (exact) mass is 388 g/mol. The summed E-state index contributed by atoms with van der Waals surface area (Å²) in [6.07, 6.45) is 1.53. The van der Waals surface area contributed by atoms with Gasteiger partial charge in [-0.3, -0.25) is 14.5 Å². The van der Waals surface area contributed by atoms with E-state index in [1.807, 2.05) is 0 Å². The van der Waals surface area contributed by atoms with E-state index < -0.39 is 17.6 Å². The Hall–Kier alpha value is -2.71. The van der Waals surface area contributed by atoms with Crippen LogP contribution in [-0.2, 0) is 9.59 Å². The third-order valence-corrected chi connectivity index (χ3v) is 4.88. The highest BCUT2D eigenvalue weighted by atomic mass is 32.2. The Bertz CT molecular complexity index is 930. The van der Waals surface area contributed by atoms with E-state index >= 15 is 0 Å². The molecule has 2 amide bonds. The average molecular weight is 388 g/mol. The lowest BCUT2D eigenvalue weighted by molar-refractivity contribution is -0.126. The van der Waals surface area contributed by atoms with Crippen LogP contribution >= 0.6 is 24.0 Å². The smallest absolute Gasteiger partial charge is 0.266 e. The Morgan fingerprint density at radius 3 is 2.77 bits per heavy atom. The van der Waals surface area contributed by atoms with Crippen molar-refractivity contribution in [2.24, 2.45) is 0 Å². The number of carbonyl (C=O) groups is 2. The van der Waals surface area contributed by atoms with Crippen LogP contribution in [0.5, 0.6) is 5.75 Å². The number of thioether (sulfide) groups is 1. The third-order valence-electron chi connectivity index (χ3n) is 3.50. The van der Waals surface area contributed by atoms with E-state index in [-0.39, 0.29) is 22.3 Å². The molecule has 1 fully saturated rings. The van der Waals surface area contributed by atoms with Gasteiger partial charge < -0.3 is 10.4 Å². The molecule has 0 spiro atoms. The number of nitrogens with one attached hydrogen (secondary N) is 1. The number of thiocarbonyl (C=S) groups is 1. The van der Waals surface area contributed by atoms with Gasteiger partial charge in [0.05, 0.1) is 10.6 Å². The Labute approximate surface area is 158 Å². The predicted octanol–water partition coefficient (Wildman–Crippen LogP) is 3.37. The Balaban J connectivity index is 1.71. The van der Waals surface area contributed by atoms with Crippen LogP contribution in [0.2, 0.25) is 0 Å². The van der Waals surface area contributed by atoms with Gasteiger partial charge in [-0.25, -0.2) is 4.39 Å². The van der Waals surface area contributed by atoms with Crippen LogP contribution in [0, 0.1) is 5.82 Å². The standard InChI is InChI=1S/C18H13FN2O3S2/c19-12-5-3-4-11(8-12)9-15-17(24)21(18(25)26-15)10-16(23)20-13-6-1-2-7-14(13)22/h1-9,22H,10H2,(H,20,23). The molecule has 0 unspecified atom stereocenters. The van der Waals surface area contributed by atoms with Gasteiger partial charge in [0.15, 0.2) is 0 Å². The maximum atomic E-state index is 13.3. The van der Waals surface area contributed by atoms with E-state index in [0.29, 0.717) is 10.5 Å². The summed E-state index contributed by atoms with van der Waals surface area (Å²) in [5, 5.41) is 12.2. The molecule has 1 saturated heterocycles. The second-order valence-electron chi connectivity index (χ2n) is 5.39. The lowest BCUT2D eigenvalue weighted by Gasteiger charge is -2.14. The number of anilines is 1. The summed E-state index contributed by atoms with van der Waals surface area (Å²) in [5.41, 5.74) is 0.780.